The van der Waals surface area contributed by atoms with Gasteiger partial charge in [0.25, 0.3) is 0 Å². The molecule has 1 aromatic carbocycles. The van der Waals surface area contributed by atoms with Crippen molar-refractivity contribution in [2.45, 2.75) is 63.1 Å². The van der Waals surface area contributed by atoms with Gasteiger partial charge in [0.1, 0.15) is 0 Å². The summed E-state index contributed by atoms with van der Waals surface area (Å²) in [6, 6.07) is 6.82. The van der Waals surface area contributed by atoms with E-state index in [2.05, 4.69) is 13.2 Å². The van der Waals surface area contributed by atoms with Crippen LogP contribution in [0.25, 0.3) is 0 Å². The van der Waals surface area contributed by atoms with Gasteiger partial charge in [-0.1, -0.05) is 29.8 Å². The Hall–Kier alpha value is -1.41. The Balaban J connectivity index is 2.45. The third-order valence-electron chi connectivity index (χ3n) is 5.30. The molecule has 1 aliphatic rings. The average molecular weight is 391 g/mol. The highest BCUT2D eigenvalue weighted by atomic mass is 32.2. The number of benzene rings is 1. The van der Waals surface area contributed by atoms with Crippen molar-refractivity contribution >= 4 is 17.1 Å². The van der Waals surface area contributed by atoms with Gasteiger partial charge in [0, 0.05) is 6.54 Å². The maximum absolute atomic E-state index is 13.4. The summed E-state index contributed by atoms with van der Waals surface area (Å²) in [5.41, 5.74) is -0.104. The molecule has 1 atom stereocenters. The SMILES string of the molecule is C=CCC(B1OC(C)(C)C(C)(C)O1)N(CC=C)S(=O)(=O)c1ccc(C)cc1. The molecule has 0 amide bonds. The first-order valence-electron chi connectivity index (χ1n) is 9.12. The van der Waals surface area contributed by atoms with Gasteiger partial charge in [-0.2, -0.15) is 4.31 Å². The number of hydrogen-bond acceptors (Lipinski definition) is 4. The first kappa shape index (κ1) is 21.9. The summed E-state index contributed by atoms with van der Waals surface area (Å²) in [5, 5.41) is 0. The Kier molecular flexibility index (Phi) is 6.42. The minimum atomic E-state index is -3.76. The second-order valence-corrected chi connectivity index (χ2v) is 9.78. The van der Waals surface area contributed by atoms with Gasteiger partial charge >= 0.3 is 7.12 Å². The molecule has 1 heterocycles. The molecule has 0 spiro atoms. The molecular weight excluding hydrogens is 361 g/mol. The molecule has 2 rings (SSSR count). The van der Waals surface area contributed by atoms with Crippen LogP contribution in [0.1, 0.15) is 39.7 Å². The van der Waals surface area contributed by atoms with Crippen molar-refractivity contribution in [3.8, 4) is 0 Å². The Morgan fingerprint density at radius 2 is 1.59 bits per heavy atom. The van der Waals surface area contributed by atoms with Crippen molar-refractivity contribution < 1.29 is 17.7 Å². The number of nitrogens with zero attached hydrogens (tertiary/aromatic N) is 1. The topological polar surface area (TPSA) is 55.8 Å². The van der Waals surface area contributed by atoms with E-state index in [9.17, 15) is 8.42 Å². The molecule has 0 N–H and O–H groups in total. The molecular formula is C20H30BNO4S. The molecule has 0 saturated carbocycles. The average Bonchev–Trinajstić information content (AvgIpc) is 2.79. The highest BCUT2D eigenvalue weighted by molar-refractivity contribution is 7.89. The van der Waals surface area contributed by atoms with Crippen molar-refractivity contribution in [1.82, 2.24) is 4.31 Å². The maximum Gasteiger partial charge on any atom is 0.477 e. The van der Waals surface area contributed by atoms with Crippen LogP contribution in [0.15, 0.2) is 54.5 Å². The summed E-state index contributed by atoms with van der Waals surface area (Å²) in [5.74, 6) is -0.548. The van der Waals surface area contributed by atoms with E-state index in [1.54, 1.807) is 36.4 Å². The lowest BCUT2D eigenvalue weighted by atomic mass is 9.76. The number of sulfonamides is 1. The smallest absolute Gasteiger partial charge is 0.402 e. The molecule has 27 heavy (non-hydrogen) atoms. The highest BCUT2D eigenvalue weighted by Gasteiger charge is 2.55. The molecule has 7 heteroatoms. The zero-order chi connectivity index (χ0) is 20.5. The minimum absolute atomic E-state index is 0.152. The zero-order valence-electron chi connectivity index (χ0n) is 16.9. The molecule has 1 saturated heterocycles. The summed E-state index contributed by atoms with van der Waals surface area (Å²) in [6.07, 6.45) is 3.67. The largest absolute Gasteiger partial charge is 0.477 e. The van der Waals surface area contributed by atoms with Crippen LogP contribution in [0.4, 0.5) is 0 Å². The predicted molar refractivity (Wildman–Crippen MR) is 110 cm³/mol. The summed E-state index contributed by atoms with van der Waals surface area (Å²) in [7, 11) is -4.46. The van der Waals surface area contributed by atoms with E-state index in [0.29, 0.717) is 6.42 Å². The van der Waals surface area contributed by atoms with E-state index in [0.717, 1.165) is 5.56 Å². The monoisotopic (exact) mass is 391 g/mol. The second-order valence-electron chi connectivity index (χ2n) is 7.89. The van der Waals surface area contributed by atoms with E-state index < -0.39 is 34.3 Å². The quantitative estimate of drug-likeness (QED) is 0.500. The summed E-state index contributed by atoms with van der Waals surface area (Å²) in [4.78, 5) is 0.237. The molecule has 0 aromatic heterocycles. The number of hydrogen-bond donors (Lipinski definition) is 0. The Morgan fingerprint density at radius 3 is 2.04 bits per heavy atom. The summed E-state index contributed by atoms with van der Waals surface area (Å²) in [6.45, 7) is 17.4. The van der Waals surface area contributed by atoms with E-state index in [-0.39, 0.29) is 11.4 Å². The molecule has 1 unspecified atom stereocenters. The van der Waals surface area contributed by atoms with Gasteiger partial charge in [0.2, 0.25) is 10.0 Å². The van der Waals surface area contributed by atoms with Crippen LogP contribution in [-0.4, -0.2) is 43.5 Å². The molecule has 0 bridgehead atoms. The van der Waals surface area contributed by atoms with Crippen molar-refractivity contribution in [2.24, 2.45) is 0 Å². The lowest BCUT2D eigenvalue weighted by Crippen LogP contribution is -2.50. The normalized spacial score (nSPS) is 19.9. The third kappa shape index (κ3) is 4.37. The minimum Gasteiger partial charge on any atom is -0.402 e. The van der Waals surface area contributed by atoms with Crippen LogP contribution >= 0.6 is 0 Å². The molecule has 0 aliphatic carbocycles. The van der Waals surface area contributed by atoms with Crippen LogP contribution in [0.5, 0.6) is 0 Å². The maximum atomic E-state index is 13.4. The predicted octanol–water partition coefficient (Wildman–Crippen LogP) is 3.75. The van der Waals surface area contributed by atoms with Crippen LogP contribution < -0.4 is 0 Å². The first-order valence-corrected chi connectivity index (χ1v) is 10.6. The van der Waals surface area contributed by atoms with E-state index in [1.165, 1.54) is 4.31 Å². The van der Waals surface area contributed by atoms with Gasteiger partial charge in [0.15, 0.2) is 0 Å². The fraction of sp³-hybridized carbons (Fsp3) is 0.500. The molecule has 1 fully saturated rings. The van der Waals surface area contributed by atoms with Crippen LogP contribution in [0.3, 0.4) is 0 Å². The summed E-state index contributed by atoms with van der Waals surface area (Å²) >= 11 is 0. The Morgan fingerprint density at radius 1 is 1.07 bits per heavy atom. The fourth-order valence-corrected chi connectivity index (χ4v) is 4.56. The van der Waals surface area contributed by atoms with Gasteiger partial charge in [-0.15, -0.1) is 13.2 Å². The van der Waals surface area contributed by atoms with Gasteiger partial charge in [-0.3, -0.25) is 0 Å². The van der Waals surface area contributed by atoms with Crippen molar-refractivity contribution in [3.63, 3.8) is 0 Å². The molecule has 0 radical (unpaired) electrons. The standard InChI is InChI=1S/C20H30BNO4S/c1-8-10-18(21-25-19(4,5)20(6,7)26-21)22(15-9-2)27(23,24)17-13-11-16(3)12-14-17/h8-9,11-14,18H,1-2,10,15H2,3-7H3. The Labute approximate surface area is 164 Å². The lowest BCUT2D eigenvalue weighted by Gasteiger charge is -2.32. The second kappa shape index (κ2) is 7.91. The molecule has 148 valence electrons. The van der Waals surface area contributed by atoms with Gasteiger partial charge < -0.3 is 9.31 Å². The van der Waals surface area contributed by atoms with Gasteiger partial charge in [-0.25, -0.2) is 8.42 Å². The van der Waals surface area contributed by atoms with E-state index >= 15 is 0 Å². The number of rotatable bonds is 8. The van der Waals surface area contributed by atoms with Crippen LogP contribution in [0, 0.1) is 6.92 Å². The van der Waals surface area contributed by atoms with Crippen molar-refractivity contribution in [3.05, 3.63) is 55.1 Å². The molecule has 1 aromatic rings. The third-order valence-corrected chi connectivity index (χ3v) is 7.21. The van der Waals surface area contributed by atoms with Crippen LogP contribution in [-0.2, 0) is 19.3 Å². The van der Waals surface area contributed by atoms with Gasteiger partial charge in [0.05, 0.1) is 22.0 Å². The zero-order valence-corrected chi connectivity index (χ0v) is 17.8. The first-order chi connectivity index (χ1) is 12.5. The highest BCUT2D eigenvalue weighted by Crippen LogP contribution is 2.39. The van der Waals surface area contributed by atoms with E-state index in [1.807, 2.05) is 34.6 Å². The van der Waals surface area contributed by atoms with Crippen molar-refractivity contribution in [2.75, 3.05) is 6.54 Å². The van der Waals surface area contributed by atoms with Gasteiger partial charge in [-0.05, 0) is 53.2 Å². The lowest BCUT2D eigenvalue weighted by molar-refractivity contribution is 0.00578. The van der Waals surface area contributed by atoms with Crippen LogP contribution in [0.2, 0.25) is 0 Å². The fourth-order valence-electron chi connectivity index (χ4n) is 2.97. The summed E-state index contributed by atoms with van der Waals surface area (Å²) < 4.78 is 40.4. The molecule has 1 aliphatic heterocycles. The number of aryl methyl sites for hydroxylation is 1. The Bertz CT molecular complexity index is 771. The molecule has 5 nitrogen and oxygen atoms in total. The van der Waals surface area contributed by atoms with Crippen molar-refractivity contribution in [1.29, 1.82) is 0 Å². The van der Waals surface area contributed by atoms with E-state index in [4.69, 9.17) is 9.31 Å².